The van der Waals surface area contributed by atoms with Gasteiger partial charge in [0, 0.05) is 28.7 Å². The van der Waals surface area contributed by atoms with E-state index in [1.165, 1.54) is 5.56 Å². The Kier molecular flexibility index (Phi) is 3.90. The molecule has 1 heterocycles. The Morgan fingerprint density at radius 3 is 2.67 bits per heavy atom. The molecule has 108 valence electrons. The van der Waals surface area contributed by atoms with Crippen LogP contribution in [0.4, 0.5) is 0 Å². The third kappa shape index (κ3) is 3.40. The Morgan fingerprint density at radius 2 is 2.05 bits per heavy atom. The zero-order valence-corrected chi connectivity index (χ0v) is 12.2. The second-order valence-electron chi connectivity index (χ2n) is 5.28. The van der Waals surface area contributed by atoms with Gasteiger partial charge in [-0.25, -0.2) is 0 Å². The van der Waals surface area contributed by atoms with E-state index in [0.717, 1.165) is 22.7 Å². The minimum Gasteiger partial charge on any atom is -0.369 e. The van der Waals surface area contributed by atoms with E-state index in [2.05, 4.69) is 16.4 Å². The van der Waals surface area contributed by atoms with Crippen molar-refractivity contribution in [2.75, 3.05) is 6.54 Å². The average molecular weight is 302 g/mol. The SMILES string of the molecule is NC(=O)CN[C@H]1CC1c1ccc(-c2ccc(Cl)cc2)nc1. The monoisotopic (exact) mass is 301 g/mol. The molecule has 1 aliphatic rings. The molecule has 1 unspecified atom stereocenters. The fourth-order valence-electron chi connectivity index (χ4n) is 2.44. The summed E-state index contributed by atoms with van der Waals surface area (Å²) in [6.45, 7) is 0.234. The largest absolute Gasteiger partial charge is 0.369 e. The van der Waals surface area contributed by atoms with E-state index in [0.29, 0.717) is 12.0 Å². The third-order valence-electron chi connectivity index (χ3n) is 3.68. The van der Waals surface area contributed by atoms with Crippen LogP contribution < -0.4 is 11.1 Å². The lowest BCUT2D eigenvalue weighted by molar-refractivity contribution is -0.117. The summed E-state index contributed by atoms with van der Waals surface area (Å²) in [4.78, 5) is 15.2. The first kappa shape index (κ1) is 14.0. The number of rotatable bonds is 5. The zero-order chi connectivity index (χ0) is 14.8. The van der Waals surface area contributed by atoms with Crippen LogP contribution in [0.1, 0.15) is 17.9 Å². The molecule has 1 aromatic carbocycles. The Bertz CT molecular complexity index is 640. The van der Waals surface area contributed by atoms with Crippen molar-refractivity contribution < 1.29 is 4.79 Å². The van der Waals surface area contributed by atoms with Crippen LogP contribution in [0.25, 0.3) is 11.3 Å². The fourth-order valence-corrected chi connectivity index (χ4v) is 2.56. The number of nitrogens with zero attached hydrogens (tertiary/aromatic N) is 1. The smallest absolute Gasteiger partial charge is 0.231 e. The Balaban J connectivity index is 1.65. The molecule has 2 aromatic rings. The minimum atomic E-state index is -0.322. The fraction of sp³-hybridized carbons (Fsp3) is 0.250. The number of hydrogen-bond donors (Lipinski definition) is 2. The highest BCUT2D eigenvalue weighted by Crippen LogP contribution is 2.40. The molecule has 1 saturated carbocycles. The van der Waals surface area contributed by atoms with Crippen LogP contribution in [0.15, 0.2) is 42.6 Å². The number of amides is 1. The first-order valence-electron chi connectivity index (χ1n) is 6.87. The molecule has 1 aliphatic carbocycles. The van der Waals surface area contributed by atoms with Gasteiger partial charge < -0.3 is 11.1 Å². The molecule has 5 heteroatoms. The highest BCUT2D eigenvalue weighted by Gasteiger charge is 2.38. The Morgan fingerprint density at radius 1 is 1.29 bits per heavy atom. The molecule has 21 heavy (non-hydrogen) atoms. The van der Waals surface area contributed by atoms with Crippen LogP contribution in [-0.4, -0.2) is 23.5 Å². The van der Waals surface area contributed by atoms with Gasteiger partial charge in [-0.2, -0.15) is 0 Å². The lowest BCUT2D eigenvalue weighted by Crippen LogP contribution is -2.30. The van der Waals surface area contributed by atoms with E-state index in [1.807, 2.05) is 36.5 Å². The number of hydrogen-bond acceptors (Lipinski definition) is 3. The van der Waals surface area contributed by atoms with Crippen molar-refractivity contribution in [3.05, 3.63) is 53.2 Å². The van der Waals surface area contributed by atoms with Gasteiger partial charge in [0.05, 0.1) is 12.2 Å². The molecule has 0 aliphatic heterocycles. The van der Waals surface area contributed by atoms with Gasteiger partial charge >= 0.3 is 0 Å². The number of nitrogens with two attached hydrogens (primary N) is 1. The van der Waals surface area contributed by atoms with Crippen molar-refractivity contribution in [1.29, 1.82) is 0 Å². The van der Waals surface area contributed by atoms with Crippen molar-refractivity contribution in [3.8, 4) is 11.3 Å². The average Bonchev–Trinajstić information content (AvgIpc) is 3.26. The highest BCUT2D eigenvalue weighted by molar-refractivity contribution is 6.30. The summed E-state index contributed by atoms with van der Waals surface area (Å²) in [7, 11) is 0. The Hall–Kier alpha value is -1.91. The van der Waals surface area contributed by atoms with E-state index in [4.69, 9.17) is 17.3 Å². The van der Waals surface area contributed by atoms with Crippen LogP contribution in [0.5, 0.6) is 0 Å². The van der Waals surface area contributed by atoms with E-state index >= 15 is 0 Å². The standard InChI is InChI=1S/C16H16ClN3O/c17-12-4-1-10(2-5-12)14-6-3-11(8-19-14)13-7-15(13)20-9-16(18)21/h1-6,8,13,15,20H,7,9H2,(H2,18,21)/t13?,15-/m0/s1. The van der Waals surface area contributed by atoms with Gasteiger partial charge in [-0.05, 0) is 30.2 Å². The van der Waals surface area contributed by atoms with Gasteiger partial charge in [0.25, 0.3) is 0 Å². The number of primary amides is 1. The summed E-state index contributed by atoms with van der Waals surface area (Å²) in [6.07, 6.45) is 2.93. The summed E-state index contributed by atoms with van der Waals surface area (Å²) in [6, 6.07) is 12.1. The summed E-state index contributed by atoms with van der Waals surface area (Å²) < 4.78 is 0. The zero-order valence-electron chi connectivity index (χ0n) is 11.4. The Labute approximate surface area is 128 Å². The lowest BCUT2D eigenvalue weighted by Gasteiger charge is -2.04. The maximum Gasteiger partial charge on any atom is 0.231 e. The number of nitrogens with one attached hydrogen (secondary N) is 1. The predicted octanol–water partition coefficient (Wildman–Crippen LogP) is 2.33. The molecule has 4 nitrogen and oxygen atoms in total. The van der Waals surface area contributed by atoms with Crippen molar-refractivity contribution in [2.24, 2.45) is 5.73 Å². The maximum atomic E-state index is 10.7. The van der Waals surface area contributed by atoms with Gasteiger partial charge in [0.2, 0.25) is 5.91 Å². The quantitative estimate of drug-likeness (QED) is 0.890. The van der Waals surface area contributed by atoms with Crippen molar-refractivity contribution in [2.45, 2.75) is 18.4 Å². The summed E-state index contributed by atoms with van der Waals surface area (Å²) in [5.74, 6) is 0.105. The number of benzene rings is 1. The van der Waals surface area contributed by atoms with E-state index in [1.54, 1.807) is 0 Å². The highest BCUT2D eigenvalue weighted by atomic mass is 35.5. The topological polar surface area (TPSA) is 68.0 Å². The summed E-state index contributed by atoms with van der Waals surface area (Å²) in [5.41, 5.74) is 8.29. The van der Waals surface area contributed by atoms with Crippen LogP contribution in [0.2, 0.25) is 5.02 Å². The summed E-state index contributed by atoms with van der Waals surface area (Å²) in [5, 5.41) is 3.86. The van der Waals surface area contributed by atoms with Crippen LogP contribution in [0, 0.1) is 0 Å². The number of pyridine rings is 1. The van der Waals surface area contributed by atoms with E-state index in [-0.39, 0.29) is 12.5 Å². The minimum absolute atomic E-state index is 0.234. The van der Waals surface area contributed by atoms with Crippen LogP contribution in [0.3, 0.4) is 0 Å². The molecular weight excluding hydrogens is 286 g/mol. The van der Waals surface area contributed by atoms with E-state index in [9.17, 15) is 4.79 Å². The van der Waals surface area contributed by atoms with Gasteiger partial charge in [-0.15, -0.1) is 0 Å². The van der Waals surface area contributed by atoms with Gasteiger partial charge in [0.15, 0.2) is 0 Å². The molecule has 0 radical (unpaired) electrons. The van der Waals surface area contributed by atoms with Gasteiger partial charge in [0.1, 0.15) is 0 Å². The molecule has 3 N–H and O–H groups in total. The van der Waals surface area contributed by atoms with Crippen molar-refractivity contribution in [3.63, 3.8) is 0 Å². The molecule has 0 saturated heterocycles. The van der Waals surface area contributed by atoms with Gasteiger partial charge in [-0.3, -0.25) is 9.78 Å². The molecule has 0 bridgehead atoms. The number of aromatic nitrogens is 1. The molecule has 1 aromatic heterocycles. The van der Waals surface area contributed by atoms with Crippen LogP contribution in [-0.2, 0) is 4.79 Å². The van der Waals surface area contributed by atoms with Crippen molar-refractivity contribution >= 4 is 17.5 Å². The second-order valence-corrected chi connectivity index (χ2v) is 5.72. The number of halogens is 1. The van der Waals surface area contributed by atoms with Crippen LogP contribution >= 0.6 is 11.6 Å². The first-order chi connectivity index (χ1) is 10.1. The van der Waals surface area contributed by atoms with E-state index < -0.39 is 0 Å². The number of carbonyl (C=O) groups excluding carboxylic acids is 1. The predicted molar refractivity (Wildman–Crippen MR) is 83.0 cm³/mol. The second kappa shape index (κ2) is 5.84. The van der Waals surface area contributed by atoms with Gasteiger partial charge in [-0.1, -0.05) is 29.8 Å². The first-order valence-corrected chi connectivity index (χ1v) is 7.25. The molecular formula is C16H16ClN3O. The summed E-state index contributed by atoms with van der Waals surface area (Å²) >= 11 is 5.88. The maximum absolute atomic E-state index is 10.7. The molecule has 1 amide bonds. The molecule has 3 rings (SSSR count). The number of carbonyl (C=O) groups is 1. The normalized spacial score (nSPS) is 20.2. The molecule has 0 spiro atoms. The van der Waals surface area contributed by atoms with Crippen molar-refractivity contribution in [1.82, 2.24) is 10.3 Å². The lowest BCUT2D eigenvalue weighted by atomic mass is 10.1. The molecule has 1 fully saturated rings. The third-order valence-corrected chi connectivity index (χ3v) is 3.94. The molecule has 2 atom stereocenters.